The third-order valence-electron chi connectivity index (χ3n) is 3.35. The van der Waals surface area contributed by atoms with Crippen LogP contribution in [0, 0.1) is 0 Å². The Morgan fingerprint density at radius 1 is 1.39 bits per heavy atom. The number of thiazole rings is 1. The van der Waals surface area contributed by atoms with Crippen LogP contribution in [-0.2, 0) is 21.4 Å². The van der Waals surface area contributed by atoms with Crippen LogP contribution < -0.4 is 0 Å². The molecule has 0 aliphatic heterocycles. The summed E-state index contributed by atoms with van der Waals surface area (Å²) >= 11 is 1.55. The molecule has 102 valence electrons. The smallest absolute Gasteiger partial charge is 0.171 e. The lowest BCUT2D eigenvalue weighted by Gasteiger charge is -2.24. The van der Waals surface area contributed by atoms with Crippen molar-refractivity contribution >= 4 is 17.1 Å². The minimum atomic E-state index is -0.687. The Hall–Kier alpha value is -0.740. The van der Waals surface area contributed by atoms with Crippen LogP contribution in [0.4, 0.5) is 0 Å². The lowest BCUT2D eigenvalue weighted by Crippen LogP contribution is -2.37. The Balaban J connectivity index is 2.80. The first-order valence-corrected chi connectivity index (χ1v) is 7.14. The summed E-state index contributed by atoms with van der Waals surface area (Å²) in [5, 5.41) is 2.92. The molecule has 0 spiro atoms. The monoisotopic (exact) mass is 269 g/mol. The predicted octanol–water partition coefficient (Wildman–Crippen LogP) is 3.37. The minimum Gasteiger partial charge on any atom is -0.371 e. The van der Waals surface area contributed by atoms with Gasteiger partial charge in [0.1, 0.15) is 10.6 Å². The van der Waals surface area contributed by atoms with E-state index in [4.69, 9.17) is 4.74 Å². The Labute approximate surface area is 114 Å². The molecule has 0 aliphatic rings. The standard InChI is InChI=1S/C14H23NO2S/c1-7-14(5,17-6)11(16)8-12-15-10(9-18-12)13(2,3)4/h9H,7-8H2,1-6H3. The molecule has 4 heteroatoms. The number of methoxy groups -OCH3 is 1. The van der Waals surface area contributed by atoms with Crippen molar-refractivity contribution in [2.24, 2.45) is 0 Å². The maximum Gasteiger partial charge on any atom is 0.171 e. The van der Waals surface area contributed by atoms with Gasteiger partial charge < -0.3 is 4.74 Å². The molecule has 0 fully saturated rings. The molecular formula is C14H23NO2S. The second-order valence-electron chi connectivity index (χ2n) is 5.76. The SMILES string of the molecule is CCC(C)(OC)C(=O)Cc1nc(C(C)(C)C)cs1. The molecule has 1 atom stereocenters. The fourth-order valence-electron chi connectivity index (χ4n) is 1.52. The molecule has 0 saturated heterocycles. The number of carbonyl (C=O) groups is 1. The van der Waals surface area contributed by atoms with E-state index in [1.54, 1.807) is 18.4 Å². The molecule has 18 heavy (non-hydrogen) atoms. The first kappa shape index (κ1) is 15.3. The Morgan fingerprint density at radius 3 is 2.39 bits per heavy atom. The molecule has 0 aliphatic carbocycles. The van der Waals surface area contributed by atoms with Crippen molar-refractivity contribution in [3.8, 4) is 0 Å². The second kappa shape index (κ2) is 5.49. The minimum absolute atomic E-state index is 0.0348. The van der Waals surface area contributed by atoms with Crippen LogP contribution in [0.15, 0.2) is 5.38 Å². The summed E-state index contributed by atoms with van der Waals surface area (Å²) in [7, 11) is 1.59. The third kappa shape index (κ3) is 3.39. The quantitative estimate of drug-likeness (QED) is 0.822. The molecule has 1 aromatic rings. The first-order chi connectivity index (χ1) is 8.23. The van der Waals surface area contributed by atoms with Gasteiger partial charge in [0.25, 0.3) is 0 Å². The number of aromatic nitrogens is 1. The highest BCUT2D eigenvalue weighted by Gasteiger charge is 2.31. The normalized spacial score (nSPS) is 15.4. The molecule has 1 unspecified atom stereocenters. The Bertz CT molecular complexity index is 414. The number of carbonyl (C=O) groups excluding carboxylic acids is 1. The van der Waals surface area contributed by atoms with E-state index in [-0.39, 0.29) is 11.2 Å². The van der Waals surface area contributed by atoms with E-state index in [9.17, 15) is 4.79 Å². The summed E-state index contributed by atoms with van der Waals surface area (Å²) in [4.78, 5) is 16.7. The van der Waals surface area contributed by atoms with Crippen molar-refractivity contribution in [3.63, 3.8) is 0 Å². The zero-order valence-corrected chi connectivity index (χ0v) is 13.0. The lowest BCUT2D eigenvalue weighted by molar-refractivity contribution is -0.138. The van der Waals surface area contributed by atoms with Crippen molar-refractivity contribution in [1.82, 2.24) is 4.98 Å². The average molecular weight is 269 g/mol. The summed E-state index contributed by atoms with van der Waals surface area (Å²) < 4.78 is 5.32. The van der Waals surface area contributed by atoms with Crippen molar-refractivity contribution < 1.29 is 9.53 Å². The maximum absolute atomic E-state index is 12.2. The molecule has 0 radical (unpaired) electrons. The van der Waals surface area contributed by atoms with Gasteiger partial charge in [-0.2, -0.15) is 0 Å². The number of rotatable bonds is 5. The lowest BCUT2D eigenvalue weighted by atomic mass is 9.93. The number of ether oxygens (including phenoxy) is 1. The van der Waals surface area contributed by atoms with Gasteiger partial charge in [-0.15, -0.1) is 11.3 Å². The van der Waals surface area contributed by atoms with Gasteiger partial charge in [-0.05, 0) is 13.3 Å². The molecule has 0 N–H and O–H groups in total. The zero-order chi connectivity index (χ0) is 14.0. The van der Waals surface area contributed by atoms with Gasteiger partial charge in [0, 0.05) is 17.9 Å². The van der Waals surface area contributed by atoms with E-state index < -0.39 is 5.60 Å². The second-order valence-corrected chi connectivity index (χ2v) is 6.71. The molecule has 1 heterocycles. The molecular weight excluding hydrogens is 246 g/mol. The summed E-state index contributed by atoms with van der Waals surface area (Å²) in [5.41, 5.74) is 0.395. The molecule has 0 saturated carbocycles. The van der Waals surface area contributed by atoms with Crippen LogP contribution in [0.1, 0.15) is 51.7 Å². The van der Waals surface area contributed by atoms with E-state index >= 15 is 0 Å². The molecule has 0 aromatic carbocycles. The van der Waals surface area contributed by atoms with Crippen LogP contribution in [0.2, 0.25) is 0 Å². The van der Waals surface area contributed by atoms with Crippen LogP contribution in [0.5, 0.6) is 0 Å². The highest BCUT2D eigenvalue weighted by molar-refractivity contribution is 7.09. The first-order valence-electron chi connectivity index (χ1n) is 6.26. The van der Waals surface area contributed by atoms with E-state index in [2.05, 4.69) is 25.8 Å². The van der Waals surface area contributed by atoms with E-state index in [1.807, 2.05) is 19.2 Å². The van der Waals surface area contributed by atoms with Crippen molar-refractivity contribution in [1.29, 1.82) is 0 Å². The highest BCUT2D eigenvalue weighted by atomic mass is 32.1. The highest BCUT2D eigenvalue weighted by Crippen LogP contribution is 2.25. The molecule has 3 nitrogen and oxygen atoms in total. The van der Waals surface area contributed by atoms with Crippen molar-refractivity contribution in [3.05, 3.63) is 16.1 Å². The maximum atomic E-state index is 12.2. The van der Waals surface area contributed by atoms with Crippen LogP contribution >= 0.6 is 11.3 Å². The fourth-order valence-corrected chi connectivity index (χ4v) is 2.54. The summed E-state index contributed by atoms with van der Waals surface area (Å²) in [5.74, 6) is 0.0994. The van der Waals surface area contributed by atoms with Crippen molar-refractivity contribution in [2.45, 2.75) is 58.5 Å². The zero-order valence-electron chi connectivity index (χ0n) is 12.2. The molecule has 1 aromatic heterocycles. The summed E-state index contributed by atoms with van der Waals surface area (Å²) in [6.07, 6.45) is 1.04. The Morgan fingerprint density at radius 2 is 2.00 bits per heavy atom. The number of hydrogen-bond donors (Lipinski definition) is 0. The van der Waals surface area contributed by atoms with Gasteiger partial charge in [-0.1, -0.05) is 27.7 Å². The third-order valence-corrected chi connectivity index (χ3v) is 4.20. The molecule has 0 amide bonds. The average Bonchev–Trinajstić information content (AvgIpc) is 2.76. The van der Waals surface area contributed by atoms with E-state index in [0.717, 1.165) is 10.7 Å². The predicted molar refractivity (Wildman–Crippen MR) is 75.2 cm³/mol. The Kier molecular flexibility index (Phi) is 4.67. The van der Waals surface area contributed by atoms with Gasteiger partial charge in [0.15, 0.2) is 5.78 Å². The van der Waals surface area contributed by atoms with Gasteiger partial charge >= 0.3 is 0 Å². The summed E-state index contributed by atoms with van der Waals surface area (Å²) in [6, 6.07) is 0. The van der Waals surface area contributed by atoms with Crippen molar-refractivity contribution in [2.75, 3.05) is 7.11 Å². The van der Waals surface area contributed by atoms with Crippen LogP contribution in [0.3, 0.4) is 0 Å². The van der Waals surface area contributed by atoms with Gasteiger partial charge in [0.05, 0.1) is 12.1 Å². The van der Waals surface area contributed by atoms with Gasteiger partial charge in [0.2, 0.25) is 0 Å². The number of Topliss-reactive ketones (excluding diaryl/α,β-unsaturated/α-hetero) is 1. The van der Waals surface area contributed by atoms with Crippen LogP contribution in [0.25, 0.3) is 0 Å². The molecule has 1 rings (SSSR count). The summed E-state index contributed by atoms with van der Waals surface area (Å²) in [6.45, 7) is 10.2. The number of ketones is 1. The number of hydrogen-bond acceptors (Lipinski definition) is 4. The van der Waals surface area contributed by atoms with Gasteiger partial charge in [-0.25, -0.2) is 4.98 Å². The molecule has 0 bridgehead atoms. The van der Waals surface area contributed by atoms with Crippen LogP contribution in [-0.4, -0.2) is 23.5 Å². The van der Waals surface area contributed by atoms with Gasteiger partial charge in [-0.3, -0.25) is 4.79 Å². The number of nitrogens with zero attached hydrogens (tertiary/aromatic N) is 1. The van der Waals surface area contributed by atoms with E-state index in [1.165, 1.54) is 0 Å². The van der Waals surface area contributed by atoms with E-state index in [0.29, 0.717) is 12.8 Å². The fraction of sp³-hybridized carbons (Fsp3) is 0.714. The largest absolute Gasteiger partial charge is 0.371 e. The topological polar surface area (TPSA) is 39.2 Å².